The third kappa shape index (κ3) is 12.6. The summed E-state index contributed by atoms with van der Waals surface area (Å²) >= 11 is 0. The highest BCUT2D eigenvalue weighted by Gasteiger charge is 2.45. The summed E-state index contributed by atoms with van der Waals surface area (Å²) in [6.07, 6.45) is 12.9. The number of amides is 4. The molecule has 2 aromatic heterocycles. The van der Waals surface area contributed by atoms with E-state index in [1.54, 1.807) is 12.1 Å². The first-order valence-electron chi connectivity index (χ1n) is 25.3. The molecule has 2 saturated carbocycles. The number of ether oxygens (including phenoxy) is 4. The van der Waals surface area contributed by atoms with Crippen molar-refractivity contribution < 1.29 is 43.2 Å². The first-order chi connectivity index (χ1) is 33.8. The van der Waals surface area contributed by atoms with Crippen LogP contribution in [0.4, 0.5) is 5.95 Å². The smallest absolute Gasteiger partial charge is 0.262 e. The van der Waals surface area contributed by atoms with Gasteiger partial charge in [0.2, 0.25) is 17.8 Å². The second-order valence-electron chi connectivity index (χ2n) is 19.2. The number of rotatable bonds is 25. The molecule has 4 amide bonds. The molecule has 5 aliphatic rings. The fraction of sp³-hybridized carbons (Fsp3) is 0.577. The molecule has 9 rings (SSSR count). The number of imide groups is 2. The van der Waals surface area contributed by atoms with Crippen LogP contribution in [0.25, 0.3) is 22.2 Å². The number of carbonyl (C=O) groups is 4. The summed E-state index contributed by atoms with van der Waals surface area (Å²) in [5.41, 5.74) is 5.97. The molecule has 0 radical (unpaired) electrons. The van der Waals surface area contributed by atoms with E-state index < -0.39 is 29.7 Å². The van der Waals surface area contributed by atoms with Gasteiger partial charge in [0.05, 0.1) is 63.5 Å². The minimum Gasteiger partial charge on any atom is -0.393 e. The van der Waals surface area contributed by atoms with E-state index >= 15 is 0 Å². The molecule has 5 heterocycles. The fourth-order valence-electron chi connectivity index (χ4n) is 10.1. The molecule has 69 heavy (non-hydrogen) atoms. The van der Waals surface area contributed by atoms with Crippen LogP contribution in [0.3, 0.4) is 0 Å². The first kappa shape index (κ1) is 48.9. The van der Waals surface area contributed by atoms with Gasteiger partial charge in [-0.1, -0.05) is 49.2 Å². The summed E-state index contributed by atoms with van der Waals surface area (Å²) in [6, 6.07) is 13.5. The summed E-state index contributed by atoms with van der Waals surface area (Å²) in [5.74, 6) is -0.447. The maximum absolute atomic E-state index is 13.3. The minimum absolute atomic E-state index is 0.0849. The number of aliphatic hydroxyl groups is 1. The SMILES string of the molecule is O=C1CCC(N2C(=O)c3cccc(CCCOCCOCCOCCOCCN4CCN(Cc5ccc(-c6cn(C7CCC(O)CC7)c7nc(NCCC8CC8)ncc67)cc5)CC4)c3C2=O)C(=O)N1. The molecule has 17 nitrogen and oxygen atoms in total. The van der Waals surface area contributed by atoms with Crippen LogP contribution in [-0.2, 0) is 41.5 Å². The largest absolute Gasteiger partial charge is 0.393 e. The van der Waals surface area contributed by atoms with Crippen LogP contribution in [0.2, 0.25) is 0 Å². The van der Waals surface area contributed by atoms with Crippen LogP contribution in [0.1, 0.15) is 102 Å². The number of hydrogen-bond donors (Lipinski definition) is 3. The minimum atomic E-state index is -0.981. The average Bonchev–Trinajstić information content (AvgIpc) is 4.06. The lowest BCUT2D eigenvalue weighted by Crippen LogP contribution is -2.54. The van der Waals surface area contributed by atoms with Crippen molar-refractivity contribution in [3.8, 4) is 11.1 Å². The van der Waals surface area contributed by atoms with Gasteiger partial charge in [-0.3, -0.25) is 39.2 Å². The molecule has 370 valence electrons. The Bertz CT molecular complexity index is 2390. The van der Waals surface area contributed by atoms with E-state index in [0.29, 0.717) is 83.3 Å². The Balaban J connectivity index is 0.604. The highest BCUT2D eigenvalue weighted by molar-refractivity contribution is 6.24. The van der Waals surface area contributed by atoms with Gasteiger partial charge >= 0.3 is 0 Å². The third-order valence-electron chi connectivity index (χ3n) is 14.3. The van der Waals surface area contributed by atoms with E-state index in [1.165, 1.54) is 30.4 Å². The Morgan fingerprint density at radius 1 is 0.739 bits per heavy atom. The zero-order chi connectivity index (χ0) is 47.5. The van der Waals surface area contributed by atoms with Crippen LogP contribution < -0.4 is 10.6 Å². The summed E-state index contributed by atoms with van der Waals surface area (Å²) < 4.78 is 25.3. The van der Waals surface area contributed by atoms with E-state index in [9.17, 15) is 24.3 Å². The standard InChI is InChI=1S/C52H68N8O9/c61-41-14-12-40(13-15-41)59-35-44(43-33-54-52(56-48(43)59)53-19-18-36-6-7-36)38-10-8-37(9-11-38)34-58-22-20-57(21-23-58)24-26-67-28-30-69-32-31-68-29-27-66-25-2-4-39-3-1-5-42-47(39)51(65)60(50(42)64)45-16-17-46(62)55-49(45)63/h1,3,5,8-11,33,35-36,40-41,45,61H,2,4,6-7,12-32,34H2,(H,53,54,56)(H,55,62,63). The lowest BCUT2D eigenvalue weighted by atomic mass is 9.93. The number of aliphatic hydroxyl groups excluding tert-OH is 1. The van der Waals surface area contributed by atoms with Crippen LogP contribution in [0.5, 0.6) is 0 Å². The molecule has 3 aliphatic heterocycles. The maximum atomic E-state index is 13.3. The Morgan fingerprint density at radius 2 is 1.43 bits per heavy atom. The highest BCUT2D eigenvalue weighted by atomic mass is 16.6. The maximum Gasteiger partial charge on any atom is 0.262 e. The summed E-state index contributed by atoms with van der Waals surface area (Å²) in [6.45, 7) is 10.8. The summed E-state index contributed by atoms with van der Waals surface area (Å²) in [4.78, 5) is 66.1. The lowest BCUT2D eigenvalue weighted by molar-refractivity contribution is -0.136. The molecule has 4 fully saturated rings. The van der Waals surface area contributed by atoms with Crippen molar-refractivity contribution >= 4 is 40.6 Å². The second kappa shape index (κ2) is 23.6. The van der Waals surface area contributed by atoms with Crippen LogP contribution >= 0.6 is 0 Å². The average molecular weight is 949 g/mol. The number of fused-ring (bicyclic) bond motifs is 2. The number of nitrogens with one attached hydrogen (secondary N) is 2. The predicted molar refractivity (Wildman–Crippen MR) is 259 cm³/mol. The zero-order valence-corrected chi connectivity index (χ0v) is 39.8. The van der Waals surface area contributed by atoms with Crippen molar-refractivity contribution in [3.63, 3.8) is 0 Å². The number of piperazine rings is 1. The van der Waals surface area contributed by atoms with Crippen molar-refractivity contribution in [1.29, 1.82) is 0 Å². The number of nitrogens with zero attached hydrogens (tertiary/aromatic N) is 6. The predicted octanol–water partition coefficient (Wildman–Crippen LogP) is 5.00. The molecule has 17 heteroatoms. The molecule has 2 saturated heterocycles. The van der Waals surface area contributed by atoms with E-state index in [4.69, 9.17) is 28.9 Å². The van der Waals surface area contributed by atoms with Gasteiger partial charge in [-0.25, -0.2) is 4.98 Å². The third-order valence-corrected chi connectivity index (χ3v) is 14.3. The normalized spacial score (nSPS) is 21.3. The lowest BCUT2D eigenvalue weighted by Gasteiger charge is -2.34. The Hall–Kier alpha value is -5.14. The van der Waals surface area contributed by atoms with Gasteiger partial charge in [-0.2, -0.15) is 4.98 Å². The van der Waals surface area contributed by atoms with Crippen molar-refractivity contribution in [2.75, 3.05) is 97.4 Å². The van der Waals surface area contributed by atoms with Gasteiger partial charge in [-0.05, 0) is 80.0 Å². The number of benzene rings is 2. The first-order valence-corrected chi connectivity index (χ1v) is 25.3. The quantitative estimate of drug-likeness (QED) is 0.0595. The van der Waals surface area contributed by atoms with Gasteiger partial charge in [0.1, 0.15) is 11.7 Å². The summed E-state index contributed by atoms with van der Waals surface area (Å²) in [7, 11) is 0. The van der Waals surface area contributed by atoms with Gasteiger partial charge in [-0.15, -0.1) is 0 Å². The molecule has 0 bridgehead atoms. The van der Waals surface area contributed by atoms with Crippen molar-refractivity contribution in [1.82, 2.24) is 34.6 Å². The highest BCUT2D eigenvalue weighted by Crippen LogP contribution is 2.37. The van der Waals surface area contributed by atoms with Gasteiger partial charge < -0.3 is 33.9 Å². The molecular weight excluding hydrogens is 881 g/mol. The molecule has 3 N–H and O–H groups in total. The van der Waals surface area contributed by atoms with Crippen LogP contribution in [0.15, 0.2) is 54.9 Å². The van der Waals surface area contributed by atoms with Crippen LogP contribution in [-0.4, -0.2) is 162 Å². The molecule has 2 aliphatic carbocycles. The molecule has 1 unspecified atom stereocenters. The monoisotopic (exact) mass is 949 g/mol. The molecule has 4 aromatic rings. The van der Waals surface area contributed by atoms with E-state index in [0.717, 1.165) is 104 Å². The molecular formula is C52H68N8O9. The number of hydrogen-bond acceptors (Lipinski definition) is 14. The van der Waals surface area contributed by atoms with Gasteiger partial charge in [0, 0.05) is 88.2 Å². The van der Waals surface area contributed by atoms with Gasteiger partial charge in [0.25, 0.3) is 11.8 Å². The number of aryl methyl sites for hydroxylation is 1. The Labute approximate surface area is 404 Å². The number of piperidine rings is 1. The molecule has 1 atom stereocenters. The molecule has 2 aromatic carbocycles. The summed E-state index contributed by atoms with van der Waals surface area (Å²) in [5, 5.41) is 17.0. The topological polar surface area (TPSA) is 190 Å². The van der Waals surface area contributed by atoms with E-state index in [2.05, 4.69) is 55.5 Å². The number of aromatic nitrogens is 3. The fourth-order valence-corrected chi connectivity index (χ4v) is 10.1. The zero-order valence-electron chi connectivity index (χ0n) is 39.8. The second-order valence-corrected chi connectivity index (χ2v) is 19.2. The Kier molecular flexibility index (Phi) is 16.7. The van der Waals surface area contributed by atoms with Crippen molar-refractivity contribution in [3.05, 3.63) is 77.1 Å². The van der Waals surface area contributed by atoms with Crippen molar-refractivity contribution in [2.45, 2.75) is 95.4 Å². The van der Waals surface area contributed by atoms with Crippen LogP contribution in [0, 0.1) is 5.92 Å². The van der Waals surface area contributed by atoms with E-state index in [1.807, 2.05) is 12.3 Å². The molecule has 0 spiro atoms. The van der Waals surface area contributed by atoms with Gasteiger partial charge in [0.15, 0.2) is 0 Å². The van der Waals surface area contributed by atoms with Crippen molar-refractivity contribution in [2.24, 2.45) is 5.92 Å². The number of carbonyl (C=O) groups excluding carboxylic acids is 4. The number of anilines is 1. The van der Waals surface area contributed by atoms with E-state index in [-0.39, 0.29) is 24.5 Å². The Morgan fingerprint density at radius 3 is 2.14 bits per heavy atom.